The van der Waals surface area contributed by atoms with Crippen LogP contribution in [0.15, 0.2) is 72.8 Å². The van der Waals surface area contributed by atoms with Gasteiger partial charge in [0, 0.05) is 0 Å². The fourth-order valence-electron chi connectivity index (χ4n) is 2.61. The minimum atomic E-state index is 1.35. The summed E-state index contributed by atoms with van der Waals surface area (Å²) in [6.45, 7) is 4.25. The first kappa shape index (κ1) is 16.6. The standard InChI is InChI=1S/2C10H9.CH2.Ti/c2*1-8-6-9-4-2-3-5-10(9)7-8;;/h2*2-7H,1H3;1H2;/q2*-1;;+2. The summed E-state index contributed by atoms with van der Waals surface area (Å²) in [7, 11) is 0. The van der Waals surface area contributed by atoms with Crippen molar-refractivity contribution in [2.24, 2.45) is 0 Å². The van der Waals surface area contributed by atoms with Gasteiger partial charge in [-0.2, -0.15) is 12.1 Å². The molecular weight excluding hydrogens is 300 g/mol. The van der Waals surface area contributed by atoms with Gasteiger partial charge in [0.15, 0.2) is 0 Å². The van der Waals surface area contributed by atoms with Crippen LogP contribution in [0.3, 0.4) is 0 Å². The monoisotopic (exact) mass is 320 g/mol. The second kappa shape index (κ2) is 8.03. The summed E-state index contributed by atoms with van der Waals surface area (Å²) in [5.74, 6) is 0. The van der Waals surface area contributed by atoms with Gasteiger partial charge in [-0.05, 0) is 0 Å². The van der Waals surface area contributed by atoms with Crippen LogP contribution in [0.25, 0.3) is 21.5 Å². The second-order valence-corrected chi connectivity index (χ2v) is 5.32. The van der Waals surface area contributed by atoms with Crippen LogP contribution in [0.2, 0.25) is 0 Å². The Morgan fingerprint density at radius 3 is 1.41 bits per heavy atom. The van der Waals surface area contributed by atoms with Crippen molar-refractivity contribution in [3.63, 3.8) is 0 Å². The summed E-state index contributed by atoms with van der Waals surface area (Å²) in [6.07, 6.45) is 0. The van der Waals surface area contributed by atoms with E-state index in [1.54, 1.807) is 20.0 Å². The van der Waals surface area contributed by atoms with Crippen molar-refractivity contribution >= 4 is 26.4 Å². The number of fused-ring (bicyclic) bond motifs is 2. The summed E-state index contributed by atoms with van der Waals surface area (Å²) < 4.78 is 0. The molecule has 0 nitrogen and oxygen atoms in total. The van der Waals surface area contributed by atoms with Crippen molar-refractivity contribution in [1.29, 1.82) is 0 Å². The first-order chi connectivity index (χ1) is 10.7. The van der Waals surface area contributed by atoms with Crippen molar-refractivity contribution in [3.05, 3.63) is 83.9 Å². The Hall–Kier alpha value is -1.76. The Morgan fingerprint density at radius 1 is 0.682 bits per heavy atom. The molecule has 4 aromatic carbocycles. The number of aryl methyl sites for hydroxylation is 2. The predicted molar refractivity (Wildman–Crippen MR) is 95.7 cm³/mol. The van der Waals surface area contributed by atoms with Crippen LogP contribution in [-0.4, -0.2) is 4.82 Å². The van der Waals surface area contributed by atoms with E-state index in [4.69, 9.17) is 0 Å². The number of hydrogen-bond donors (Lipinski definition) is 0. The van der Waals surface area contributed by atoms with Gasteiger partial charge in [-0.1, -0.05) is 26.0 Å². The molecule has 0 aliphatic carbocycles. The molecule has 0 saturated heterocycles. The first-order valence-corrected chi connectivity index (χ1v) is 8.42. The van der Waals surface area contributed by atoms with Gasteiger partial charge >= 0.3 is 24.8 Å². The average molecular weight is 320 g/mol. The van der Waals surface area contributed by atoms with Crippen LogP contribution in [0.4, 0.5) is 0 Å². The van der Waals surface area contributed by atoms with Crippen molar-refractivity contribution in [1.82, 2.24) is 0 Å². The summed E-state index contributed by atoms with van der Waals surface area (Å²) >= 11 is 1.75. The molecule has 0 atom stereocenters. The molecule has 108 valence electrons. The number of benzene rings is 2. The van der Waals surface area contributed by atoms with Crippen molar-refractivity contribution in [2.75, 3.05) is 0 Å². The fourth-order valence-corrected chi connectivity index (χ4v) is 2.61. The van der Waals surface area contributed by atoms with E-state index in [2.05, 4.69) is 91.5 Å². The molecule has 0 bridgehead atoms. The third-order valence-electron chi connectivity index (χ3n) is 3.52. The van der Waals surface area contributed by atoms with E-state index in [0.717, 1.165) is 0 Å². The van der Waals surface area contributed by atoms with Crippen LogP contribution < -0.4 is 0 Å². The van der Waals surface area contributed by atoms with Crippen molar-refractivity contribution in [3.8, 4) is 0 Å². The van der Waals surface area contributed by atoms with E-state index in [1.807, 2.05) is 0 Å². The third kappa shape index (κ3) is 4.13. The molecule has 0 amide bonds. The zero-order valence-corrected chi connectivity index (χ0v) is 14.7. The quantitative estimate of drug-likeness (QED) is 0.288. The van der Waals surface area contributed by atoms with E-state index in [0.29, 0.717) is 0 Å². The molecule has 0 aliphatic heterocycles. The van der Waals surface area contributed by atoms with Crippen LogP contribution in [0.1, 0.15) is 11.1 Å². The molecule has 0 unspecified atom stereocenters. The van der Waals surface area contributed by atoms with Gasteiger partial charge in [-0.25, -0.2) is 0 Å². The Labute approximate surface area is 144 Å². The zero-order valence-electron chi connectivity index (χ0n) is 13.1. The summed E-state index contributed by atoms with van der Waals surface area (Å²) in [5.41, 5.74) is 2.70. The summed E-state index contributed by atoms with van der Waals surface area (Å²) in [6, 6.07) is 25.7. The summed E-state index contributed by atoms with van der Waals surface area (Å²) in [5, 5.41) is 5.39. The van der Waals surface area contributed by atoms with Crippen LogP contribution in [0, 0.1) is 13.8 Å². The molecule has 0 fully saturated rings. The minimum absolute atomic E-state index is 1.35. The van der Waals surface area contributed by atoms with E-state index < -0.39 is 0 Å². The van der Waals surface area contributed by atoms with E-state index >= 15 is 0 Å². The van der Waals surface area contributed by atoms with Crippen molar-refractivity contribution in [2.45, 2.75) is 13.8 Å². The van der Waals surface area contributed by atoms with Crippen molar-refractivity contribution < 1.29 is 20.0 Å². The Balaban J connectivity index is 0.000000144. The molecule has 0 aliphatic rings. The van der Waals surface area contributed by atoms with Gasteiger partial charge in [0.2, 0.25) is 0 Å². The van der Waals surface area contributed by atoms with Gasteiger partial charge in [0.25, 0.3) is 0 Å². The maximum atomic E-state index is 3.25. The second-order valence-electron chi connectivity index (χ2n) is 5.32. The van der Waals surface area contributed by atoms with E-state index in [9.17, 15) is 0 Å². The molecule has 0 N–H and O–H groups in total. The predicted octanol–water partition coefficient (Wildman–Crippen LogP) is 5.70. The molecule has 0 spiro atoms. The van der Waals surface area contributed by atoms with Gasteiger partial charge in [0.05, 0.1) is 0 Å². The van der Waals surface area contributed by atoms with Crippen LogP contribution >= 0.6 is 0 Å². The van der Waals surface area contributed by atoms with E-state index in [-0.39, 0.29) is 0 Å². The van der Waals surface area contributed by atoms with Crippen LogP contribution in [0.5, 0.6) is 0 Å². The average Bonchev–Trinajstić information content (AvgIpc) is 3.10. The molecular formula is C21H20Ti. The van der Waals surface area contributed by atoms with Crippen LogP contribution in [-0.2, 0) is 20.0 Å². The molecule has 0 saturated carbocycles. The number of rotatable bonds is 0. The van der Waals surface area contributed by atoms with Gasteiger partial charge < -0.3 is 0 Å². The molecule has 0 heterocycles. The maximum absolute atomic E-state index is 3.25. The topological polar surface area (TPSA) is 0 Å². The molecule has 0 radical (unpaired) electrons. The molecule has 4 aromatic rings. The molecule has 22 heavy (non-hydrogen) atoms. The molecule has 1 heteroatoms. The SMILES string of the molecule is Cc1cc2ccccc2[cH-]1.Cc1cc2ccccc2[cH-]1.[CH2]=[Ti+2]. The third-order valence-corrected chi connectivity index (χ3v) is 3.52. The Bertz CT molecular complexity index is 710. The molecule has 4 rings (SSSR count). The van der Waals surface area contributed by atoms with Gasteiger partial charge in [0.1, 0.15) is 0 Å². The van der Waals surface area contributed by atoms with Gasteiger partial charge in [-0.3, -0.25) is 0 Å². The number of hydrogen-bond acceptors (Lipinski definition) is 0. The summed E-state index contributed by atoms with van der Waals surface area (Å²) in [4.78, 5) is 3.25. The molecule has 0 aromatic heterocycles. The Morgan fingerprint density at radius 2 is 1.05 bits per heavy atom. The zero-order chi connectivity index (χ0) is 15.9. The van der Waals surface area contributed by atoms with E-state index in [1.165, 1.54) is 32.7 Å². The normalized spacial score (nSPS) is 9.82. The Kier molecular flexibility index (Phi) is 6.06. The van der Waals surface area contributed by atoms with Gasteiger partial charge in [-0.15, -0.1) is 81.2 Å². The fraction of sp³-hybridized carbons (Fsp3) is 0.0952. The first-order valence-electron chi connectivity index (χ1n) is 7.32.